The lowest BCUT2D eigenvalue weighted by Crippen LogP contribution is -2.39. The summed E-state index contributed by atoms with van der Waals surface area (Å²) in [5.74, 6) is 2.07. The van der Waals surface area contributed by atoms with Gasteiger partial charge in [-0.1, -0.05) is 53.0 Å². The van der Waals surface area contributed by atoms with Crippen LogP contribution in [0.15, 0.2) is 53.7 Å². The van der Waals surface area contributed by atoms with Crippen LogP contribution in [0, 0.1) is 18.2 Å². The topological polar surface area (TPSA) is 54.3 Å². The highest BCUT2D eigenvalue weighted by atomic mass is 35.5. The van der Waals surface area contributed by atoms with Gasteiger partial charge in [-0.25, -0.2) is 4.39 Å². The molecule has 0 amide bonds. The van der Waals surface area contributed by atoms with Crippen LogP contribution in [0.2, 0.25) is 5.02 Å². The lowest BCUT2D eigenvalue weighted by Gasteiger charge is -2.27. The molecule has 0 saturated carbocycles. The maximum Gasteiger partial charge on any atom is 0.145 e. The number of benzene rings is 2. The zero-order valence-corrected chi connectivity index (χ0v) is 17.3. The van der Waals surface area contributed by atoms with Gasteiger partial charge in [-0.3, -0.25) is 4.90 Å². The summed E-state index contributed by atoms with van der Waals surface area (Å²) in [5.41, 5.74) is 2.44. The van der Waals surface area contributed by atoms with E-state index >= 15 is 0 Å². The second-order valence-electron chi connectivity index (χ2n) is 7.15. The molecule has 0 spiro atoms. The summed E-state index contributed by atoms with van der Waals surface area (Å²) in [6, 6.07) is 13.9. The predicted octanol–water partition coefficient (Wildman–Crippen LogP) is 3.49. The van der Waals surface area contributed by atoms with Gasteiger partial charge in [0.15, 0.2) is 0 Å². The molecular formula is C23H24ClFN2O3. The van der Waals surface area contributed by atoms with Crippen LogP contribution in [-0.2, 0) is 16.1 Å². The number of halogens is 2. The van der Waals surface area contributed by atoms with Gasteiger partial charge in [0.05, 0.1) is 18.4 Å². The molecule has 3 rings (SSSR count). The third kappa shape index (κ3) is 6.54. The molecule has 158 valence electrons. The Balaban J connectivity index is 1.63. The van der Waals surface area contributed by atoms with Crippen molar-refractivity contribution in [2.24, 2.45) is 5.16 Å². The Labute approximate surface area is 181 Å². The van der Waals surface area contributed by atoms with E-state index in [2.05, 4.69) is 11.1 Å². The van der Waals surface area contributed by atoms with Crippen molar-refractivity contribution >= 4 is 17.3 Å². The molecule has 0 fully saturated rings. The summed E-state index contributed by atoms with van der Waals surface area (Å²) in [6.07, 6.45) is 4.82. The zero-order chi connectivity index (χ0) is 21.3. The summed E-state index contributed by atoms with van der Waals surface area (Å²) in [6.45, 7) is 1.53. The molecule has 7 heteroatoms. The molecule has 0 unspecified atom stereocenters. The molecule has 0 radical (unpaired) electrons. The number of ether oxygens (including phenoxy) is 1. The second-order valence-corrected chi connectivity index (χ2v) is 7.55. The van der Waals surface area contributed by atoms with Gasteiger partial charge in [-0.05, 0) is 23.8 Å². The minimum atomic E-state index is -0.739. The largest absolute Gasteiger partial charge is 0.390 e. The minimum absolute atomic E-state index is 0.122. The van der Waals surface area contributed by atoms with Crippen LogP contribution in [0.3, 0.4) is 0 Å². The number of hydrogen-bond acceptors (Lipinski definition) is 5. The van der Waals surface area contributed by atoms with E-state index in [0.717, 1.165) is 16.8 Å². The van der Waals surface area contributed by atoms with E-state index in [0.29, 0.717) is 31.1 Å². The van der Waals surface area contributed by atoms with E-state index in [-0.39, 0.29) is 25.1 Å². The van der Waals surface area contributed by atoms with Gasteiger partial charge in [0.1, 0.15) is 18.5 Å². The molecule has 0 saturated heterocycles. The third-order valence-corrected chi connectivity index (χ3v) is 4.97. The predicted molar refractivity (Wildman–Crippen MR) is 115 cm³/mol. The van der Waals surface area contributed by atoms with Gasteiger partial charge in [-0.15, -0.1) is 6.42 Å². The highest BCUT2D eigenvalue weighted by molar-refractivity contribution is 6.34. The van der Waals surface area contributed by atoms with Gasteiger partial charge >= 0.3 is 0 Å². The number of aliphatic hydroxyl groups is 1. The van der Waals surface area contributed by atoms with Crippen molar-refractivity contribution in [3.8, 4) is 12.3 Å². The summed E-state index contributed by atoms with van der Waals surface area (Å²) in [7, 11) is 0. The fourth-order valence-corrected chi connectivity index (χ4v) is 3.62. The van der Waals surface area contributed by atoms with Crippen LogP contribution in [0.4, 0.5) is 4.39 Å². The van der Waals surface area contributed by atoms with Crippen LogP contribution < -0.4 is 0 Å². The number of hydrogen-bond donors (Lipinski definition) is 1. The highest BCUT2D eigenvalue weighted by Gasteiger charge is 2.26. The fraction of sp³-hybridized carbons (Fsp3) is 0.348. The van der Waals surface area contributed by atoms with Crippen molar-refractivity contribution in [2.75, 3.05) is 26.3 Å². The molecular weight excluding hydrogens is 407 g/mol. The van der Waals surface area contributed by atoms with E-state index in [9.17, 15) is 9.50 Å². The van der Waals surface area contributed by atoms with E-state index < -0.39 is 6.10 Å². The molecule has 0 bridgehead atoms. The SMILES string of the molecule is C#CCOC[C@H](O)CN(Cc1cccc(F)c1)C[C@H]1CC(c2ccccc2Cl)=NO1. The van der Waals surface area contributed by atoms with Gasteiger partial charge < -0.3 is 14.7 Å². The van der Waals surface area contributed by atoms with Crippen molar-refractivity contribution in [1.82, 2.24) is 4.90 Å². The number of terminal acetylenes is 1. The van der Waals surface area contributed by atoms with Crippen molar-refractivity contribution in [3.63, 3.8) is 0 Å². The lowest BCUT2D eigenvalue weighted by atomic mass is 10.0. The fourth-order valence-electron chi connectivity index (χ4n) is 3.37. The first-order valence-electron chi connectivity index (χ1n) is 9.69. The molecule has 1 aliphatic heterocycles. The molecule has 0 aromatic heterocycles. The van der Waals surface area contributed by atoms with Crippen LogP contribution in [-0.4, -0.2) is 54.2 Å². The lowest BCUT2D eigenvalue weighted by molar-refractivity contribution is 0.00417. The Morgan fingerprint density at radius 3 is 2.93 bits per heavy atom. The molecule has 2 atom stereocenters. The molecule has 2 aromatic carbocycles. The van der Waals surface area contributed by atoms with Crippen LogP contribution in [0.5, 0.6) is 0 Å². The number of rotatable bonds is 10. The highest BCUT2D eigenvalue weighted by Crippen LogP contribution is 2.23. The van der Waals surface area contributed by atoms with E-state index in [1.165, 1.54) is 12.1 Å². The Morgan fingerprint density at radius 1 is 1.33 bits per heavy atom. The average molecular weight is 431 g/mol. The van der Waals surface area contributed by atoms with Crippen molar-refractivity contribution in [1.29, 1.82) is 0 Å². The van der Waals surface area contributed by atoms with E-state index in [1.807, 2.05) is 35.2 Å². The summed E-state index contributed by atoms with van der Waals surface area (Å²) >= 11 is 6.27. The zero-order valence-electron chi connectivity index (χ0n) is 16.5. The van der Waals surface area contributed by atoms with Crippen molar-refractivity contribution in [2.45, 2.75) is 25.2 Å². The molecule has 0 aliphatic carbocycles. The molecule has 1 N–H and O–H groups in total. The van der Waals surface area contributed by atoms with Crippen molar-refractivity contribution in [3.05, 3.63) is 70.5 Å². The van der Waals surface area contributed by atoms with E-state index in [4.69, 9.17) is 27.6 Å². The first kappa shape index (κ1) is 22.3. The van der Waals surface area contributed by atoms with Crippen LogP contribution >= 0.6 is 11.6 Å². The molecule has 1 heterocycles. The first-order chi connectivity index (χ1) is 14.5. The third-order valence-electron chi connectivity index (χ3n) is 4.64. The Bertz CT molecular complexity index is 915. The number of nitrogens with zero attached hydrogens (tertiary/aromatic N) is 2. The van der Waals surface area contributed by atoms with E-state index in [1.54, 1.807) is 6.07 Å². The summed E-state index contributed by atoms with van der Waals surface area (Å²) in [4.78, 5) is 7.62. The minimum Gasteiger partial charge on any atom is -0.390 e. The average Bonchev–Trinajstić information content (AvgIpc) is 3.16. The Kier molecular flexibility index (Phi) is 8.23. The van der Waals surface area contributed by atoms with Gasteiger partial charge in [0.25, 0.3) is 0 Å². The molecule has 2 aromatic rings. The normalized spacial score (nSPS) is 16.8. The summed E-state index contributed by atoms with van der Waals surface area (Å²) in [5, 5.41) is 15.1. The molecule has 30 heavy (non-hydrogen) atoms. The van der Waals surface area contributed by atoms with Gasteiger partial charge in [0, 0.05) is 36.6 Å². The summed E-state index contributed by atoms with van der Waals surface area (Å²) < 4.78 is 18.8. The maximum atomic E-state index is 13.6. The smallest absolute Gasteiger partial charge is 0.145 e. The number of oxime groups is 1. The van der Waals surface area contributed by atoms with Gasteiger partial charge in [-0.2, -0.15) is 0 Å². The van der Waals surface area contributed by atoms with Crippen LogP contribution in [0.25, 0.3) is 0 Å². The number of aliphatic hydroxyl groups excluding tert-OH is 1. The van der Waals surface area contributed by atoms with Crippen LogP contribution in [0.1, 0.15) is 17.5 Å². The first-order valence-corrected chi connectivity index (χ1v) is 10.1. The second kappa shape index (κ2) is 11.1. The van der Waals surface area contributed by atoms with Crippen molar-refractivity contribution < 1.29 is 19.1 Å². The van der Waals surface area contributed by atoms with Gasteiger partial charge in [0.2, 0.25) is 0 Å². The molecule has 1 aliphatic rings. The maximum absolute atomic E-state index is 13.6. The quantitative estimate of drug-likeness (QED) is 0.463. The monoisotopic (exact) mass is 430 g/mol. The standard InChI is InChI=1S/C23H24ClFN2O3/c1-2-10-29-16-19(28)14-27(13-17-6-5-7-18(25)11-17)15-20-12-23(26-30-20)21-8-3-4-9-22(21)24/h1,3-9,11,19-20,28H,10,12-16H2/t19-,20-/m1/s1. The molecule has 5 nitrogen and oxygen atoms in total. The Hall–Kier alpha value is -2.43. The Morgan fingerprint density at radius 2 is 2.17 bits per heavy atom.